The van der Waals surface area contributed by atoms with Crippen molar-refractivity contribution >= 4 is 63.1 Å². The Balaban J connectivity index is 0.00000330. The van der Waals surface area contributed by atoms with Crippen molar-refractivity contribution in [2.75, 3.05) is 49.5 Å². The van der Waals surface area contributed by atoms with Gasteiger partial charge in [-0.25, -0.2) is 22.9 Å². The lowest BCUT2D eigenvalue weighted by molar-refractivity contribution is -0.115. The highest BCUT2D eigenvalue weighted by atomic mass is 35.5. The molecule has 0 aromatic carbocycles. The second-order valence-corrected chi connectivity index (χ2v) is 13.1. The second-order valence-electron chi connectivity index (χ2n) is 9.52. The number of anilines is 2. The van der Waals surface area contributed by atoms with E-state index in [1.807, 2.05) is 31.6 Å². The van der Waals surface area contributed by atoms with Crippen LogP contribution in [0.25, 0.3) is 0 Å². The second kappa shape index (κ2) is 19.2. The number of pyridine rings is 1. The van der Waals surface area contributed by atoms with Crippen LogP contribution >= 0.6 is 22.9 Å². The van der Waals surface area contributed by atoms with E-state index in [0.717, 1.165) is 49.6 Å². The van der Waals surface area contributed by atoms with Crippen LogP contribution in [0.4, 0.5) is 16.3 Å². The van der Waals surface area contributed by atoms with Crippen LogP contribution in [-0.4, -0.2) is 76.2 Å². The summed E-state index contributed by atoms with van der Waals surface area (Å²) < 4.78 is 26.8. The SMILES string of the molecule is C=NC/C(=C\C=C(/CC)NCCN1CCCCC1)C(=O)N(CC)c1ccc(NC(=O)NS(=O)(=O)c2ccc(Cl)s2)cn1.CC. The number of halogens is 1. The third-order valence-corrected chi connectivity index (χ3v) is 9.59. The third-order valence-electron chi connectivity index (χ3n) is 6.54. The van der Waals surface area contributed by atoms with Crippen LogP contribution in [0.15, 0.2) is 63.1 Å². The zero-order chi connectivity index (χ0) is 32.5. The molecule has 0 bridgehead atoms. The molecule has 242 valence electrons. The van der Waals surface area contributed by atoms with E-state index in [4.69, 9.17) is 11.6 Å². The van der Waals surface area contributed by atoms with Gasteiger partial charge < -0.3 is 15.5 Å². The molecule has 1 saturated heterocycles. The van der Waals surface area contributed by atoms with Gasteiger partial charge in [-0.1, -0.05) is 38.8 Å². The van der Waals surface area contributed by atoms with Gasteiger partial charge in [0.05, 0.1) is 22.8 Å². The van der Waals surface area contributed by atoms with E-state index >= 15 is 0 Å². The first-order valence-electron chi connectivity index (χ1n) is 14.8. The Kier molecular flexibility index (Phi) is 16.1. The van der Waals surface area contributed by atoms with Crippen molar-refractivity contribution in [2.24, 2.45) is 4.99 Å². The molecule has 0 aliphatic carbocycles. The van der Waals surface area contributed by atoms with E-state index in [-0.39, 0.29) is 26.7 Å². The fourth-order valence-electron chi connectivity index (χ4n) is 4.35. The van der Waals surface area contributed by atoms with Gasteiger partial charge in [0, 0.05) is 30.9 Å². The number of likely N-dealkylation sites (tertiary alicyclic amines) is 1. The molecular weight excluding hydrogens is 622 g/mol. The molecule has 1 aliphatic heterocycles. The summed E-state index contributed by atoms with van der Waals surface area (Å²) in [5.74, 6) is 0.0974. The number of sulfonamides is 1. The normalized spacial score (nSPS) is 14.2. The van der Waals surface area contributed by atoms with E-state index in [1.165, 1.54) is 48.6 Å². The Labute approximate surface area is 270 Å². The van der Waals surface area contributed by atoms with Crippen molar-refractivity contribution in [2.45, 2.75) is 57.6 Å². The number of piperidine rings is 1. The van der Waals surface area contributed by atoms with E-state index in [0.29, 0.717) is 17.9 Å². The number of carbonyl (C=O) groups is 2. The van der Waals surface area contributed by atoms with Gasteiger partial charge in [-0.15, -0.1) is 11.3 Å². The first-order chi connectivity index (χ1) is 21.2. The minimum atomic E-state index is -4.07. The predicted octanol–water partition coefficient (Wildman–Crippen LogP) is 5.68. The number of likely N-dealkylation sites (N-methyl/N-ethyl adjacent to an activating group) is 1. The molecular formula is C30H44ClN7O4S2. The number of aromatic nitrogens is 1. The monoisotopic (exact) mass is 665 g/mol. The summed E-state index contributed by atoms with van der Waals surface area (Å²) in [6.07, 6.45) is 9.65. The predicted molar refractivity (Wildman–Crippen MR) is 181 cm³/mol. The quantitative estimate of drug-likeness (QED) is 0.134. The number of thiophene rings is 1. The number of rotatable bonds is 14. The fourth-order valence-corrected chi connectivity index (χ4v) is 6.74. The van der Waals surface area contributed by atoms with Crippen LogP contribution < -0.4 is 20.3 Å². The topological polar surface area (TPSA) is 136 Å². The van der Waals surface area contributed by atoms with E-state index in [1.54, 1.807) is 12.1 Å². The number of hydrogen-bond acceptors (Lipinski definition) is 9. The number of allylic oxidation sites excluding steroid dienone is 3. The highest BCUT2D eigenvalue weighted by molar-refractivity contribution is 7.92. The molecule has 2 aromatic heterocycles. The summed E-state index contributed by atoms with van der Waals surface area (Å²) in [5.41, 5.74) is 1.73. The van der Waals surface area contributed by atoms with E-state index < -0.39 is 16.1 Å². The molecule has 0 radical (unpaired) electrons. The zero-order valence-corrected chi connectivity index (χ0v) is 28.3. The van der Waals surface area contributed by atoms with Gasteiger partial charge in [0.2, 0.25) is 0 Å². The summed E-state index contributed by atoms with van der Waals surface area (Å²) in [4.78, 5) is 38.0. The van der Waals surface area contributed by atoms with Crippen molar-refractivity contribution < 1.29 is 18.0 Å². The Morgan fingerprint density at radius 2 is 1.86 bits per heavy atom. The summed E-state index contributed by atoms with van der Waals surface area (Å²) >= 11 is 6.63. The molecule has 2 aromatic rings. The van der Waals surface area contributed by atoms with Crippen LogP contribution in [-0.2, 0) is 14.8 Å². The first kappa shape index (κ1) is 36.9. The van der Waals surface area contributed by atoms with Gasteiger partial charge in [-0.2, -0.15) is 0 Å². The maximum absolute atomic E-state index is 13.5. The maximum Gasteiger partial charge on any atom is 0.333 e. The molecule has 0 spiro atoms. The van der Waals surface area contributed by atoms with Crippen LogP contribution in [0.1, 0.15) is 53.4 Å². The smallest absolute Gasteiger partial charge is 0.333 e. The Hall–Kier alpha value is -3.26. The van der Waals surface area contributed by atoms with Gasteiger partial charge in [-0.3, -0.25) is 14.7 Å². The van der Waals surface area contributed by atoms with Gasteiger partial charge in [0.25, 0.3) is 15.9 Å². The number of nitrogens with one attached hydrogen (secondary N) is 3. The summed E-state index contributed by atoms with van der Waals surface area (Å²) in [5, 5.41) is 5.91. The summed E-state index contributed by atoms with van der Waals surface area (Å²) in [7, 11) is -4.07. The largest absolute Gasteiger partial charge is 0.387 e. The van der Waals surface area contributed by atoms with Crippen LogP contribution in [0.5, 0.6) is 0 Å². The highest BCUT2D eigenvalue weighted by Gasteiger charge is 2.21. The van der Waals surface area contributed by atoms with Crippen LogP contribution in [0.3, 0.4) is 0 Å². The van der Waals surface area contributed by atoms with E-state index in [9.17, 15) is 18.0 Å². The number of amides is 3. The summed E-state index contributed by atoms with van der Waals surface area (Å²) in [6.45, 7) is 16.1. The molecule has 0 unspecified atom stereocenters. The number of nitrogens with zero attached hydrogens (tertiary/aromatic N) is 4. The molecule has 1 aliphatic rings. The number of hydrogen-bond donors (Lipinski definition) is 3. The molecule has 0 atom stereocenters. The zero-order valence-electron chi connectivity index (χ0n) is 25.9. The van der Waals surface area contributed by atoms with Crippen LogP contribution in [0.2, 0.25) is 4.34 Å². The average Bonchev–Trinajstić information content (AvgIpc) is 3.48. The lowest BCUT2D eigenvalue weighted by atomic mass is 10.1. The molecule has 11 nitrogen and oxygen atoms in total. The minimum absolute atomic E-state index is 0.0831. The number of aliphatic imine (C=N–C) groups is 1. The minimum Gasteiger partial charge on any atom is -0.387 e. The molecule has 0 saturated carbocycles. The number of carbonyl (C=O) groups excluding carboxylic acids is 2. The lowest BCUT2D eigenvalue weighted by Crippen LogP contribution is -2.35. The molecule has 1 fully saturated rings. The van der Waals surface area contributed by atoms with Crippen molar-refractivity contribution in [3.63, 3.8) is 0 Å². The standard InChI is InChI=1S/C28H38ClN7O4S2.C2H6/c1-4-22(31-15-18-35-16-7-6-8-17-35)10-9-21(19-30-3)27(37)36(5-2)25-13-11-23(20-32-25)33-28(38)34-42(39,40)26-14-12-24(29)41-26;1-2/h9-14,20,31H,3-8,15-19H2,1-2H3,(H2,33,34,38);1-2H3/b21-9+,22-10+;. The first-order valence-corrected chi connectivity index (χ1v) is 17.5. The fraction of sp³-hybridized carbons (Fsp3) is 0.467. The average molecular weight is 666 g/mol. The van der Waals surface area contributed by atoms with E-state index in [2.05, 4.69) is 39.2 Å². The lowest BCUT2D eigenvalue weighted by Gasteiger charge is -2.26. The van der Waals surface area contributed by atoms with Crippen LogP contribution in [0, 0.1) is 0 Å². The highest BCUT2D eigenvalue weighted by Crippen LogP contribution is 2.25. The van der Waals surface area contributed by atoms with Gasteiger partial charge in [0.15, 0.2) is 0 Å². The molecule has 3 rings (SSSR count). The Morgan fingerprint density at radius 3 is 2.43 bits per heavy atom. The molecule has 14 heteroatoms. The van der Waals surface area contributed by atoms with Crippen molar-refractivity contribution in [3.05, 3.63) is 58.2 Å². The molecule has 3 N–H and O–H groups in total. The summed E-state index contributed by atoms with van der Waals surface area (Å²) in [6, 6.07) is 4.89. The molecule has 3 heterocycles. The van der Waals surface area contributed by atoms with Gasteiger partial charge in [-0.05, 0) is 82.4 Å². The van der Waals surface area contributed by atoms with Gasteiger partial charge >= 0.3 is 6.03 Å². The van der Waals surface area contributed by atoms with Gasteiger partial charge in [0.1, 0.15) is 10.0 Å². The van der Waals surface area contributed by atoms with Crippen molar-refractivity contribution in [3.8, 4) is 0 Å². The molecule has 44 heavy (non-hydrogen) atoms. The van der Waals surface area contributed by atoms with Crippen molar-refractivity contribution in [1.29, 1.82) is 0 Å². The van der Waals surface area contributed by atoms with Crippen molar-refractivity contribution in [1.82, 2.24) is 19.9 Å². The Morgan fingerprint density at radius 1 is 1.14 bits per heavy atom. The Bertz CT molecular complexity index is 1390. The third kappa shape index (κ3) is 11.7. The number of urea groups is 1. The molecule has 3 amide bonds. The maximum atomic E-state index is 13.5.